The van der Waals surface area contributed by atoms with Gasteiger partial charge in [0, 0.05) is 24.3 Å². The molecule has 0 saturated carbocycles. The lowest BCUT2D eigenvalue weighted by Gasteiger charge is -2.16. The fraction of sp³-hybridized carbons (Fsp3) is 0.235. The fourth-order valence-corrected chi connectivity index (χ4v) is 2.58. The Bertz CT molecular complexity index is 700. The predicted molar refractivity (Wildman–Crippen MR) is 84.5 cm³/mol. The van der Waals surface area contributed by atoms with Crippen molar-refractivity contribution in [2.45, 2.75) is 13.3 Å². The second-order valence-electron chi connectivity index (χ2n) is 5.39. The molecule has 2 heterocycles. The molecule has 1 unspecified atom stereocenters. The zero-order valence-electron chi connectivity index (χ0n) is 12.3. The summed E-state index contributed by atoms with van der Waals surface area (Å²) in [5.74, 6) is -0.0148. The molecule has 1 aliphatic rings. The maximum absolute atomic E-state index is 12.3. The summed E-state index contributed by atoms with van der Waals surface area (Å²) in [7, 11) is 0. The molecule has 112 valence electrons. The third kappa shape index (κ3) is 2.98. The van der Waals surface area contributed by atoms with E-state index in [0.717, 1.165) is 11.4 Å². The number of nitrogens with zero attached hydrogens (tertiary/aromatic N) is 2. The van der Waals surface area contributed by atoms with E-state index in [4.69, 9.17) is 0 Å². The van der Waals surface area contributed by atoms with Gasteiger partial charge in [0.2, 0.25) is 11.8 Å². The molecule has 0 spiro atoms. The molecular weight excluding hydrogens is 278 g/mol. The lowest BCUT2D eigenvalue weighted by atomic mass is 10.1. The number of amides is 2. The van der Waals surface area contributed by atoms with Crippen LogP contribution in [-0.2, 0) is 9.59 Å². The molecule has 1 N–H and O–H groups in total. The van der Waals surface area contributed by atoms with E-state index in [9.17, 15) is 9.59 Å². The van der Waals surface area contributed by atoms with Gasteiger partial charge in [0.1, 0.15) is 5.82 Å². The highest BCUT2D eigenvalue weighted by molar-refractivity contribution is 6.03. The highest BCUT2D eigenvalue weighted by Gasteiger charge is 2.35. The number of anilines is 2. The smallest absolute Gasteiger partial charge is 0.230 e. The van der Waals surface area contributed by atoms with Crippen LogP contribution >= 0.6 is 0 Å². The van der Waals surface area contributed by atoms with Gasteiger partial charge in [-0.15, -0.1) is 0 Å². The van der Waals surface area contributed by atoms with E-state index in [0.29, 0.717) is 12.4 Å². The van der Waals surface area contributed by atoms with Gasteiger partial charge in [0.25, 0.3) is 0 Å². The summed E-state index contributed by atoms with van der Waals surface area (Å²) in [5, 5.41) is 2.79. The van der Waals surface area contributed by atoms with Crippen LogP contribution in [0.1, 0.15) is 12.1 Å². The van der Waals surface area contributed by atoms with Crippen molar-refractivity contribution in [3.63, 3.8) is 0 Å². The molecule has 1 saturated heterocycles. The van der Waals surface area contributed by atoms with Crippen molar-refractivity contribution in [2.75, 3.05) is 16.8 Å². The van der Waals surface area contributed by atoms with Crippen molar-refractivity contribution in [3.8, 4) is 0 Å². The van der Waals surface area contributed by atoms with Gasteiger partial charge in [-0.25, -0.2) is 4.98 Å². The van der Waals surface area contributed by atoms with E-state index in [1.165, 1.54) is 0 Å². The van der Waals surface area contributed by atoms with Crippen LogP contribution in [0, 0.1) is 12.8 Å². The van der Waals surface area contributed by atoms with Crippen molar-refractivity contribution < 1.29 is 9.59 Å². The number of rotatable bonds is 3. The molecule has 1 atom stereocenters. The standard InChI is InChI=1S/C17H17N3O2/c1-12-6-5-9-15(18-12)19-17(22)13-10-16(21)20(11-13)14-7-3-2-4-8-14/h2-9,13H,10-11H2,1H3,(H,18,19,22). The molecule has 1 aromatic heterocycles. The van der Waals surface area contributed by atoms with Gasteiger partial charge in [-0.1, -0.05) is 24.3 Å². The zero-order valence-corrected chi connectivity index (χ0v) is 12.3. The van der Waals surface area contributed by atoms with E-state index < -0.39 is 0 Å². The van der Waals surface area contributed by atoms with Crippen LogP contribution in [-0.4, -0.2) is 23.3 Å². The molecule has 5 heteroatoms. The summed E-state index contributed by atoms with van der Waals surface area (Å²) in [6.45, 7) is 2.27. The molecule has 1 aliphatic heterocycles. The summed E-state index contributed by atoms with van der Waals surface area (Å²) in [6.07, 6.45) is 0.229. The van der Waals surface area contributed by atoms with Crippen molar-refractivity contribution >= 4 is 23.3 Å². The second-order valence-corrected chi connectivity index (χ2v) is 5.39. The first-order valence-electron chi connectivity index (χ1n) is 7.23. The summed E-state index contributed by atoms with van der Waals surface area (Å²) < 4.78 is 0. The summed E-state index contributed by atoms with van der Waals surface area (Å²) >= 11 is 0. The number of nitrogens with one attached hydrogen (secondary N) is 1. The Labute approximate surface area is 129 Å². The number of pyridine rings is 1. The minimum absolute atomic E-state index is 0.0245. The second kappa shape index (κ2) is 5.97. The van der Waals surface area contributed by atoms with E-state index in [1.54, 1.807) is 11.0 Å². The molecule has 0 aliphatic carbocycles. The Morgan fingerprint density at radius 3 is 2.68 bits per heavy atom. The maximum Gasteiger partial charge on any atom is 0.230 e. The zero-order chi connectivity index (χ0) is 15.5. The van der Waals surface area contributed by atoms with Gasteiger partial charge in [0.05, 0.1) is 5.92 Å². The molecule has 5 nitrogen and oxygen atoms in total. The molecule has 3 rings (SSSR count). The van der Waals surface area contributed by atoms with Crippen molar-refractivity contribution in [1.29, 1.82) is 0 Å². The van der Waals surface area contributed by atoms with Crippen molar-refractivity contribution in [3.05, 3.63) is 54.2 Å². The highest BCUT2D eigenvalue weighted by atomic mass is 16.2. The first kappa shape index (κ1) is 14.3. The number of hydrogen-bond acceptors (Lipinski definition) is 3. The van der Waals surface area contributed by atoms with Crippen LogP contribution in [0.2, 0.25) is 0 Å². The summed E-state index contributed by atoms with van der Waals surface area (Å²) in [5.41, 5.74) is 1.67. The molecular formula is C17H17N3O2. The monoisotopic (exact) mass is 295 g/mol. The largest absolute Gasteiger partial charge is 0.312 e. The topological polar surface area (TPSA) is 62.3 Å². The molecule has 2 aromatic rings. The Kier molecular flexibility index (Phi) is 3.87. The molecule has 22 heavy (non-hydrogen) atoms. The molecule has 0 radical (unpaired) electrons. The van der Waals surface area contributed by atoms with Crippen molar-refractivity contribution in [1.82, 2.24) is 4.98 Å². The normalized spacial score (nSPS) is 17.6. The van der Waals surface area contributed by atoms with E-state index in [2.05, 4.69) is 10.3 Å². The SMILES string of the molecule is Cc1cccc(NC(=O)C2CC(=O)N(c3ccccc3)C2)n1. The Morgan fingerprint density at radius 1 is 1.18 bits per heavy atom. The Balaban J connectivity index is 1.69. The number of benzene rings is 1. The predicted octanol–water partition coefficient (Wildman–Crippen LogP) is 2.38. The van der Waals surface area contributed by atoms with Crippen LogP contribution < -0.4 is 10.2 Å². The summed E-state index contributed by atoms with van der Waals surface area (Å²) in [4.78, 5) is 30.4. The quantitative estimate of drug-likeness (QED) is 0.945. The summed E-state index contributed by atoms with van der Waals surface area (Å²) in [6, 6.07) is 14.9. The first-order chi connectivity index (χ1) is 10.6. The number of carbonyl (C=O) groups is 2. The fourth-order valence-electron chi connectivity index (χ4n) is 2.58. The van der Waals surface area contributed by atoms with Crippen molar-refractivity contribution in [2.24, 2.45) is 5.92 Å². The molecule has 1 aromatic carbocycles. The highest BCUT2D eigenvalue weighted by Crippen LogP contribution is 2.25. The third-order valence-corrected chi connectivity index (χ3v) is 3.70. The van der Waals surface area contributed by atoms with Gasteiger partial charge in [-0.05, 0) is 31.2 Å². The van der Waals surface area contributed by atoms with Crippen LogP contribution in [0.25, 0.3) is 0 Å². The van der Waals surface area contributed by atoms with E-state index in [1.807, 2.05) is 49.4 Å². The number of carbonyl (C=O) groups excluding carboxylic acids is 2. The van der Waals surface area contributed by atoms with Crippen LogP contribution in [0.4, 0.5) is 11.5 Å². The van der Waals surface area contributed by atoms with Gasteiger partial charge in [-0.2, -0.15) is 0 Å². The third-order valence-electron chi connectivity index (χ3n) is 3.70. The number of hydrogen-bond donors (Lipinski definition) is 1. The molecule has 0 bridgehead atoms. The molecule has 1 fully saturated rings. The Hall–Kier alpha value is -2.69. The Morgan fingerprint density at radius 2 is 1.95 bits per heavy atom. The number of para-hydroxylation sites is 1. The average Bonchev–Trinajstić information content (AvgIpc) is 2.90. The lowest BCUT2D eigenvalue weighted by molar-refractivity contribution is -0.122. The van der Waals surface area contributed by atoms with Crippen LogP contribution in [0.5, 0.6) is 0 Å². The van der Waals surface area contributed by atoms with Gasteiger partial charge >= 0.3 is 0 Å². The average molecular weight is 295 g/mol. The van der Waals surface area contributed by atoms with Crippen LogP contribution in [0.3, 0.4) is 0 Å². The van der Waals surface area contributed by atoms with E-state index in [-0.39, 0.29) is 24.2 Å². The number of aromatic nitrogens is 1. The van der Waals surface area contributed by atoms with Crippen LogP contribution in [0.15, 0.2) is 48.5 Å². The maximum atomic E-state index is 12.3. The minimum Gasteiger partial charge on any atom is -0.312 e. The van der Waals surface area contributed by atoms with Gasteiger partial charge in [0.15, 0.2) is 0 Å². The van der Waals surface area contributed by atoms with E-state index >= 15 is 0 Å². The minimum atomic E-state index is -0.352. The van der Waals surface area contributed by atoms with Gasteiger partial charge in [-0.3, -0.25) is 9.59 Å². The molecule has 2 amide bonds. The van der Waals surface area contributed by atoms with Gasteiger partial charge < -0.3 is 10.2 Å². The first-order valence-corrected chi connectivity index (χ1v) is 7.23. The number of aryl methyl sites for hydroxylation is 1. The lowest BCUT2D eigenvalue weighted by Crippen LogP contribution is -2.28.